The van der Waals surface area contributed by atoms with Gasteiger partial charge in [-0.05, 0) is 24.3 Å². The van der Waals surface area contributed by atoms with E-state index in [1.807, 2.05) is 13.8 Å². The summed E-state index contributed by atoms with van der Waals surface area (Å²) in [5.74, 6) is -1.61. The van der Waals surface area contributed by atoms with Crippen molar-refractivity contribution < 1.29 is 23.8 Å². The summed E-state index contributed by atoms with van der Waals surface area (Å²) in [6.45, 7) is 6.77. The Labute approximate surface area is 176 Å². The molecule has 30 heavy (non-hydrogen) atoms. The van der Waals surface area contributed by atoms with Gasteiger partial charge >= 0.3 is 5.97 Å². The average molecular weight is 415 g/mol. The highest BCUT2D eigenvalue weighted by Crippen LogP contribution is 2.46. The Morgan fingerprint density at radius 2 is 2.00 bits per heavy atom. The molecule has 2 heterocycles. The number of ketones is 1. The zero-order valence-electron chi connectivity index (χ0n) is 17.7. The van der Waals surface area contributed by atoms with Gasteiger partial charge in [0.2, 0.25) is 0 Å². The highest BCUT2D eigenvalue weighted by atomic mass is 16.5. The number of carbonyl (C=O) groups excluding carboxylic acids is 2. The quantitative estimate of drug-likeness (QED) is 0.313. The molecule has 8 heteroatoms. The van der Waals surface area contributed by atoms with Gasteiger partial charge in [0.1, 0.15) is 5.78 Å². The number of Topliss-reactive ketones (excluding diaryl/α,β-unsaturated/α-hetero) is 1. The summed E-state index contributed by atoms with van der Waals surface area (Å²) in [6.07, 6.45) is 3.78. The van der Waals surface area contributed by atoms with E-state index < -0.39 is 17.8 Å². The SMILES string of the molecule is CCOC(=O)C1=C(COCCN)N=C2CC(C)(C)CC(=O)C2C1c1cc[n+]([O-])cc1. The molecule has 0 amide bonds. The van der Waals surface area contributed by atoms with E-state index in [4.69, 9.17) is 20.2 Å². The number of aromatic nitrogens is 1. The van der Waals surface area contributed by atoms with E-state index in [1.165, 1.54) is 12.4 Å². The first-order valence-corrected chi connectivity index (χ1v) is 10.2. The third-order valence-corrected chi connectivity index (χ3v) is 5.44. The van der Waals surface area contributed by atoms with Crippen LogP contribution in [-0.4, -0.2) is 43.8 Å². The summed E-state index contributed by atoms with van der Waals surface area (Å²) >= 11 is 0. The Balaban J connectivity index is 2.16. The molecule has 2 N–H and O–H groups in total. The normalized spacial score (nSPS) is 23.1. The molecule has 0 aromatic carbocycles. The topological polar surface area (TPSA) is 118 Å². The maximum Gasteiger partial charge on any atom is 0.336 e. The van der Waals surface area contributed by atoms with Gasteiger partial charge in [-0.1, -0.05) is 13.8 Å². The molecular formula is C22H29N3O5. The summed E-state index contributed by atoms with van der Waals surface area (Å²) in [5, 5.41) is 11.6. The summed E-state index contributed by atoms with van der Waals surface area (Å²) in [6, 6.07) is 3.29. The van der Waals surface area contributed by atoms with E-state index >= 15 is 0 Å². The number of nitrogens with two attached hydrogens (primary N) is 1. The predicted octanol–water partition coefficient (Wildman–Crippen LogP) is 1.66. The van der Waals surface area contributed by atoms with Crippen LogP contribution in [0.15, 0.2) is 40.8 Å². The van der Waals surface area contributed by atoms with Crippen LogP contribution in [0.3, 0.4) is 0 Å². The smallest absolute Gasteiger partial charge is 0.336 e. The van der Waals surface area contributed by atoms with Crippen LogP contribution in [0, 0.1) is 16.5 Å². The number of carbonyl (C=O) groups is 2. The molecule has 1 aromatic heterocycles. The Bertz CT molecular complexity index is 873. The van der Waals surface area contributed by atoms with E-state index in [1.54, 1.807) is 19.1 Å². The van der Waals surface area contributed by atoms with Crippen molar-refractivity contribution in [1.82, 2.24) is 0 Å². The maximum atomic E-state index is 13.2. The maximum absolute atomic E-state index is 13.2. The third kappa shape index (κ3) is 4.60. The van der Waals surface area contributed by atoms with Crippen molar-refractivity contribution in [1.29, 1.82) is 0 Å². The lowest BCUT2D eigenvalue weighted by molar-refractivity contribution is -0.605. The molecule has 1 saturated carbocycles. The predicted molar refractivity (Wildman–Crippen MR) is 111 cm³/mol. The van der Waals surface area contributed by atoms with Gasteiger partial charge in [-0.2, -0.15) is 4.73 Å². The van der Waals surface area contributed by atoms with Crippen LogP contribution in [0.4, 0.5) is 0 Å². The molecule has 1 fully saturated rings. The van der Waals surface area contributed by atoms with Crippen LogP contribution in [0.1, 0.15) is 45.1 Å². The Morgan fingerprint density at radius 1 is 1.30 bits per heavy atom. The Kier molecular flexibility index (Phi) is 6.67. The fourth-order valence-corrected chi connectivity index (χ4v) is 4.30. The number of ether oxygens (including phenoxy) is 2. The third-order valence-electron chi connectivity index (χ3n) is 5.44. The summed E-state index contributed by atoms with van der Waals surface area (Å²) in [5.41, 5.74) is 7.55. The second-order valence-electron chi connectivity index (χ2n) is 8.46. The summed E-state index contributed by atoms with van der Waals surface area (Å²) < 4.78 is 11.6. The van der Waals surface area contributed by atoms with Gasteiger partial charge < -0.3 is 20.4 Å². The van der Waals surface area contributed by atoms with Crippen molar-refractivity contribution in [3.05, 3.63) is 46.6 Å². The number of fused-ring (bicyclic) bond motifs is 1. The van der Waals surface area contributed by atoms with Gasteiger partial charge in [-0.3, -0.25) is 9.79 Å². The van der Waals surface area contributed by atoms with E-state index in [-0.39, 0.29) is 24.4 Å². The number of esters is 1. The largest absolute Gasteiger partial charge is 0.619 e. The minimum atomic E-state index is -0.571. The van der Waals surface area contributed by atoms with Crippen LogP contribution >= 0.6 is 0 Å². The molecule has 162 valence electrons. The van der Waals surface area contributed by atoms with Crippen molar-refractivity contribution >= 4 is 17.5 Å². The Morgan fingerprint density at radius 3 is 2.63 bits per heavy atom. The second-order valence-corrected chi connectivity index (χ2v) is 8.46. The minimum Gasteiger partial charge on any atom is -0.619 e. The summed E-state index contributed by atoms with van der Waals surface area (Å²) in [7, 11) is 0. The second kappa shape index (κ2) is 9.06. The van der Waals surface area contributed by atoms with Crippen LogP contribution in [0.5, 0.6) is 0 Å². The van der Waals surface area contributed by atoms with E-state index in [9.17, 15) is 14.8 Å². The van der Waals surface area contributed by atoms with Crippen molar-refractivity contribution in [2.45, 2.75) is 39.5 Å². The number of pyridine rings is 1. The van der Waals surface area contributed by atoms with Gasteiger partial charge in [0, 0.05) is 36.7 Å². The number of hydrogen-bond donors (Lipinski definition) is 1. The van der Waals surface area contributed by atoms with Gasteiger partial charge in [-0.15, -0.1) is 0 Å². The van der Waals surface area contributed by atoms with Gasteiger partial charge in [0.05, 0.1) is 37.0 Å². The van der Waals surface area contributed by atoms with E-state index in [0.717, 1.165) is 5.71 Å². The number of rotatable bonds is 7. The van der Waals surface area contributed by atoms with Gasteiger partial charge in [-0.25, -0.2) is 4.79 Å². The lowest BCUT2D eigenvalue weighted by atomic mass is 9.63. The molecule has 0 saturated heterocycles. The highest BCUT2D eigenvalue weighted by Gasteiger charge is 2.48. The Hall–Kier alpha value is -2.58. The van der Waals surface area contributed by atoms with Crippen molar-refractivity contribution in [2.24, 2.45) is 22.1 Å². The van der Waals surface area contributed by atoms with E-state index in [0.29, 0.717) is 47.6 Å². The van der Waals surface area contributed by atoms with Crippen molar-refractivity contribution in [3.63, 3.8) is 0 Å². The van der Waals surface area contributed by atoms with Crippen LogP contribution in [-0.2, 0) is 19.1 Å². The van der Waals surface area contributed by atoms with Crippen LogP contribution in [0.2, 0.25) is 0 Å². The minimum absolute atomic E-state index is 0.0394. The molecule has 3 rings (SSSR count). The zero-order valence-corrected chi connectivity index (χ0v) is 17.7. The monoisotopic (exact) mass is 415 g/mol. The molecule has 2 unspecified atom stereocenters. The highest BCUT2D eigenvalue weighted by molar-refractivity contribution is 6.12. The molecular weight excluding hydrogens is 386 g/mol. The van der Waals surface area contributed by atoms with E-state index in [2.05, 4.69) is 0 Å². The van der Waals surface area contributed by atoms with Crippen LogP contribution in [0.25, 0.3) is 0 Å². The fourth-order valence-electron chi connectivity index (χ4n) is 4.30. The lowest BCUT2D eigenvalue weighted by Gasteiger charge is -2.41. The molecule has 2 aliphatic rings. The average Bonchev–Trinajstić information content (AvgIpc) is 2.67. The first kappa shape index (κ1) is 22.1. The molecule has 1 aliphatic carbocycles. The number of hydrogen-bond acceptors (Lipinski definition) is 7. The molecule has 1 aromatic rings. The first-order valence-electron chi connectivity index (χ1n) is 10.2. The molecule has 8 nitrogen and oxygen atoms in total. The zero-order chi connectivity index (χ0) is 21.9. The van der Waals surface area contributed by atoms with Crippen LogP contribution < -0.4 is 10.5 Å². The molecule has 2 atom stereocenters. The molecule has 0 spiro atoms. The fraction of sp³-hybridized carbons (Fsp3) is 0.545. The van der Waals surface area contributed by atoms with Crippen molar-refractivity contribution in [2.75, 3.05) is 26.4 Å². The van der Waals surface area contributed by atoms with Gasteiger partial charge in [0.15, 0.2) is 12.4 Å². The van der Waals surface area contributed by atoms with Gasteiger partial charge in [0.25, 0.3) is 0 Å². The molecule has 0 bridgehead atoms. The lowest BCUT2D eigenvalue weighted by Crippen LogP contribution is -2.44. The first-order chi connectivity index (χ1) is 14.3. The van der Waals surface area contributed by atoms with Crippen molar-refractivity contribution in [3.8, 4) is 0 Å². The number of nitrogens with zero attached hydrogens (tertiary/aromatic N) is 2. The molecule has 1 aliphatic heterocycles. The standard InChI is InChI=1S/C22H29N3O5/c1-4-30-21(27)20-16(13-29-10-7-23)24-15-11-22(2,3)12-17(26)19(15)18(20)14-5-8-25(28)9-6-14/h5-6,8-9,18-19H,4,7,10-13,23H2,1-3H3. The molecule has 0 radical (unpaired) electrons. The summed E-state index contributed by atoms with van der Waals surface area (Å²) in [4.78, 5) is 31.0. The number of aliphatic imine (C=N–C) groups is 1.